The highest BCUT2D eigenvalue weighted by molar-refractivity contribution is 5.16. The first-order chi connectivity index (χ1) is 9.16. The topological polar surface area (TPSA) is 24.1 Å². The highest BCUT2D eigenvalue weighted by atomic mass is 15.0. The molecule has 4 rings (SSSR count). The van der Waals surface area contributed by atoms with Gasteiger partial charge in [0.25, 0.3) is 0 Å². The fourth-order valence-electron chi connectivity index (χ4n) is 6.19. The molecule has 2 nitrogen and oxygen atoms in total. The van der Waals surface area contributed by atoms with E-state index < -0.39 is 0 Å². The largest absolute Gasteiger partial charge is 0.314 e. The minimum atomic E-state index is 0.675. The second kappa shape index (κ2) is 4.21. The van der Waals surface area contributed by atoms with Crippen molar-refractivity contribution >= 4 is 0 Å². The third-order valence-electron chi connectivity index (χ3n) is 7.31. The van der Waals surface area contributed by atoms with Crippen molar-refractivity contribution < 1.29 is 0 Å². The Balaban J connectivity index is 1.56. The predicted molar refractivity (Wildman–Crippen MR) is 79.1 cm³/mol. The van der Waals surface area contributed by atoms with Crippen LogP contribution in [0.1, 0.15) is 58.8 Å². The van der Waals surface area contributed by atoms with Crippen LogP contribution in [0.3, 0.4) is 0 Å². The van der Waals surface area contributed by atoms with Gasteiger partial charge in [-0.1, -0.05) is 12.8 Å². The molecule has 2 heterocycles. The van der Waals surface area contributed by atoms with Crippen LogP contribution in [0, 0.1) is 22.7 Å². The normalized spacial score (nSPS) is 57.2. The third kappa shape index (κ3) is 1.75. The van der Waals surface area contributed by atoms with Crippen molar-refractivity contribution in [1.29, 1.82) is 0 Å². The van der Waals surface area contributed by atoms with Gasteiger partial charge in [-0.3, -0.25) is 0 Å². The van der Waals surface area contributed by atoms with Crippen LogP contribution in [0.2, 0.25) is 0 Å². The average Bonchev–Trinajstić information content (AvgIpc) is 2.84. The highest BCUT2D eigenvalue weighted by Gasteiger charge is 2.65. The number of nitrogens with one attached hydrogen (secondary N) is 2. The Bertz CT molecular complexity index is 364. The maximum Gasteiger partial charge on any atom is 0.00985 e. The van der Waals surface area contributed by atoms with Gasteiger partial charge in [0.2, 0.25) is 0 Å². The fourth-order valence-corrected chi connectivity index (χ4v) is 6.19. The molecule has 6 unspecified atom stereocenters. The SMILES string of the molecule is CC1CC2(CCCCC2C2CC23CCNC3C)CN1. The second-order valence-electron chi connectivity index (χ2n) is 8.17. The van der Waals surface area contributed by atoms with Crippen LogP contribution in [0.4, 0.5) is 0 Å². The zero-order valence-corrected chi connectivity index (χ0v) is 12.7. The second-order valence-corrected chi connectivity index (χ2v) is 8.17. The van der Waals surface area contributed by atoms with Crippen LogP contribution in [-0.2, 0) is 0 Å². The van der Waals surface area contributed by atoms with Crippen molar-refractivity contribution in [3.8, 4) is 0 Å². The fraction of sp³-hybridized carbons (Fsp3) is 1.00. The minimum absolute atomic E-state index is 0.675. The van der Waals surface area contributed by atoms with Gasteiger partial charge < -0.3 is 10.6 Å². The summed E-state index contributed by atoms with van der Waals surface area (Å²) in [6.45, 7) is 7.42. The summed E-state index contributed by atoms with van der Waals surface area (Å²) in [6, 6.07) is 1.54. The summed E-state index contributed by atoms with van der Waals surface area (Å²) in [6.07, 6.45) is 10.4. The average molecular weight is 262 g/mol. The molecule has 0 aromatic heterocycles. The zero-order valence-electron chi connectivity index (χ0n) is 12.7. The van der Waals surface area contributed by atoms with Gasteiger partial charge in [-0.2, -0.15) is 0 Å². The molecule has 2 heteroatoms. The Morgan fingerprint density at radius 3 is 2.53 bits per heavy atom. The van der Waals surface area contributed by atoms with E-state index in [1.54, 1.807) is 0 Å². The highest BCUT2D eigenvalue weighted by Crippen LogP contribution is 2.68. The number of hydrogen-bond donors (Lipinski definition) is 2. The molecule has 19 heavy (non-hydrogen) atoms. The molecule has 2 aliphatic heterocycles. The molecule has 6 atom stereocenters. The summed E-state index contributed by atoms with van der Waals surface area (Å²) in [5.41, 5.74) is 1.38. The lowest BCUT2D eigenvalue weighted by Gasteiger charge is -2.43. The summed E-state index contributed by atoms with van der Waals surface area (Å²) >= 11 is 0. The van der Waals surface area contributed by atoms with Gasteiger partial charge in [-0.15, -0.1) is 0 Å². The van der Waals surface area contributed by atoms with Crippen LogP contribution < -0.4 is 10.6 Å². The molecular formula is C17H30N2. The Hall–Kier alpha value is -0.0800. The first-order valence-electron chi connectivity index (χ1n) is 8.63. The molecule has 0 amide bonds. The van der Waals surface area contributed by atoms with E-state index in [1.165, 1.54) is 58.0 Å². The van der Waals surface area contributed by atoms with Crippen LogP contribution >= 0.6 is 0 Å². The molecule has 2 saturated heterocycles. The van der Waals surface area contributed by atoms with Crippen LogP contribution in [-0.4, -0.2) is 25.2 Å². The van der Waals surface area contributed by atoms with Crippen molar-refractivity contribution in [3.05, 3.63) is 0 Å². The molecule has 2 saturated carbocycles. The summed E-state index contributed by atoms with van der Waals surface area (Å²) in [7, 11) is 0. The van der Waals surface area contributed by atoms with Crippen LogP contribution in [0.25, 0.3) is 0 Å². The van der Waals surface area contributed by atoms with Gasteiger partial charge in [-0.05, 0) is 75.2 Å². The minimum Gasteiger partial charge on any atom is -0.314 e. The molecule has 0 bridgehead atoms. The lowest BCUT2D eigenvalue weighted by Crippen LogP contribution is -2.39. The molecule has 2 spiro atoms. The van der Waals surface area contributed by atoms with Gasteiger partial charge in [0.15, 0.2) is 0 Å². The Labute approximate surface area is 118 Å². The molecule has 4 fully saturated rings. The zero-order chi connectivity index (χ0) is 13.1. The summed E-state index contributed by atoms with van der Waals surface area (Å²) in [5.74, 6) is 2.07. The van der Waals surface area contributed by atoms with Gasteiger partial charge in [-0.25, -0.2) is 0 Å². The van der Waals surface area contributed by atoms with Gasteiger partial charge in [0, 0.05) is 18.6 Å². The Kier molecular flexibility index (Phi) is 2.80. The Morgan fingerprint density at radius 2 is 1.84 bits per heavy atom. The van der Waals surface area contributed by atoms with Crippen molar-refractivity contribution in [2.75, 3.05) is 13.1 Å². The van der Waals surface area contributed by atoms with Crippen LogP contribution in [0.5, 0.6) is 0 Å². The van der Waals surface area contributed by atoms with E-state index in [1.807, 2.05) is 0 Å². The van der Waals surface area contributed by atoms with Crippen LogP contribution in [0.15, 0.2) is 0 Å². The quantitative estimate of drug-likeness (QED) is 0.759. The summed E-state index contributed by atoms with van der Waals surface area (Å²) in [4.78, 5) is 0. The molecule has 0 radical (unpaired) electrons. The molecular weight excluding hydrogens is 232 g/mol. The maximum absolute atomic E-state index is 3.77. The van der Waals surface area contributed by atoms with Crippen molar-refractivity contribution in [3.63, 3.8) is 0 Å². The van der Waals surface area contributed by atoms with E-state index in [0.717, 1.165) is 23.9 Å². The molecule has 2 N–H and O–H groups in total. The summed E-state index contributed by atoms with van der Waals surface area (Å²) in [5, 5.41) is 7.48. The molecule has 108 valence electrons. The van der Waals surface area contributed by atoms with Gasteiger partial charge >= 0.3 is 0 Å². The van der Waals surface area contributed by atoms with E-state index in [4.69, 9.17) is 0 Å². The van der Waals surface area contributed by atoms with Crippen molar-refractivity contribution in [2.45, 2.75) is 70.9 Å². The first-order valence-corrected chi connectivity index (χ1v) is 8.63. The van der Waals surface area contributed by atoms with E-state index >= 15 is 0 Å². The van der Waals surface area contributed by atoms with E-state index in [-0.39, 0.29) is 0 Å². The molecule has 4 aliphatic rings. The third-order valence-corrected chi connectivity index (χ3v) is 7.31. The maximum atomic E-state index is 3.77. The lowest BCUT2D eigenvalue weighted by molar-refractivity contribution is 0.0799. The lowest BCUT2D eigenvalue weighted by atomic mass is 9.62. The van der Waals surface area contributed by atoms with Gasteiger partial charge in [0.1, 0.15) is 0 Å². The van der Waals surface area contributed by atoms with E-state index in [0.29, 0.717) is 10.8 Å². The van der Waals surface area contributed by atoms with Crippen molar-refractivity contribution in [1.82, 2.24) is 10.6 Å². The van der Waals surface area contributed by atoms with E-state index in [9.17, 15) is 0 Å². The first kappa shape index (κ1) is 12.6. The number of hydrogen-bond acceptors (Lipinski definition) is 2. The summed E-state index contributed by atoms with van der Waals surface area (Å²) < 4.78 is 0. The Morgan fingerprint density at radius 1 is 0.947 bits per heavy atom. The van der Waals surface area contributed by atoms with Crippen molar-refractivity contribution in [2.24, 2.45) is 22.7 Å². The standard InChI is InChI=1S/C17H30N2/c1-12-9-16(11-19-12)6-4-3-5-14(16)15-10-17(15)7-8-18-13(17)2/h12-15,18-19H,3-11H2,1-2H3. The number of rotatable bonds is 1. The predicted octanol–water partition coefficient (Wildman–Crippen LogP) is 2.93. The monoisotopic (exact) mass is 262 g/mol. The van der Waals surface area contributed by atoms with E-state index in [2.05, 4.69) is 24.5 Å². The van der Waals surface area contributed by atoms with Gasteiger partial charge in [0.05, 0.1) is 0 Å². The molecule has 0 aromatic carbocycles. The molecule has 0 aromatic rings. The molecule has 2 aliphatic carbocycles. The smallest absolute Gasteiger partial charge is 0.00985 e.